The fraction of sp³-hybridized carbons (Fsp3) is 0.0577. The molecule has 6 aromatic carbocycles. The van der Waals surface area contributed by atoms with Crippen LogP contribution in [0.25, 0.3) is 56.0 Å². The number of nitrogens with zero attached hydrogens (tertiary/aromatic N) is 3. The van der Waals surface area contributed by atoms with E-state index >= 15 is 0 Å². The number of rotatable bonds is 10. The highest BCUT2D eigenvalue weighted by molar-refractivity contribution is 5.77. The number of nitrogens with one attached hydrogen (secondary N) is 1. The van der Waals surface area contributed by atoms with E-state index in [1.807, 2.05) is 60.9 Å². The maximum Gasteiger partial charge on any atom is 0.159 e. The summed E-state index contributed by atoms with van der Waals surface area (Å²) in [6, 6.07) is 56.7. The topological polar surface area (TPSA) is 103 Å². The predicted molar refractivity (Wildman–Crippen MR) is 237 cm³/mol. The van der Waals surface area contributed by atoms with Gasteiger partial charge in [0, 0.05) is 47.4 Å². The molecule has 5 N–H and O–H groups in total. The number of pyridine rings is 1. The largest absolute Gasteiger partial charge is 0.398 e. The summed E-state index contributed by atoms with van der Waals surface area (Å²) in [5.41, 5.74) is 29.0. The molecule has 2 unspecified atom stereocenters. The molecule has 0 bridgehead atoms. The minimum atomic E-state index is -0.421. The maximum atomic E-state index is 7.51. The first-order chi connectivity index (χ1) is 28.6. The molecule has 3 heterocycles. The zero-order valence-electron chi connectivity index (χ0n) is 31.9. The Morgan fingerprint density at radius 3 is 1.72 bits per heavy atom. The molecule has 3 atom stereocenters. The zero-order chi connectivity index (χ0) is 39.3. The van der Waals surface area contributed by atoms with E-state index in [9.17, 15) is 0 Å². The number of dihydropyridines is 1. The Morgan fingerprint density at radius 1 is 0.483 bits per heavy atom. The molecule has 8 aromatic rings. The van der Waals surface area contributed by atoms with Crippen LogP contribution in [-0.4, -0.2) is 15.0 Å². The van der Waals surface area contributed by atoms with E-state index in [1.165, 1.54) is 5.56 Å². The Kier molecular flexibility index (Phi) is 10.2. The van der Waals surface area contributed by atoms with Gasteiger partial charge in [-0.15, -0.1) is 0 Å². The summed E-state index contributed by atoms with van der Waals surface area (Å²) >= 11 is 0. The Labute approximate surface area is 339 Å². The van der Waals surface area contributed by atoms with Gasteiger partial charge in [-0.05, 0) is 110 Å². The van der Waals surface area contributed by atoms with Gasteiger partial charge in [0.25, 0.3) is 0 Å². The normalized spacial score (nSPS) is 14.4. The van der Waals surface area contributed by atoms with Crippen molar-refractivity contribution in [1.29, 1.82) is 0 Å². The van der Waals surface area contributed by atoms with Crippen molar-refractivity contribution >= 4 is 5.69 Å². The van der Waals surface area contributed by atoms with Crippen molar-refractivity contribution in [3.05, 3.63) is 229 Å². The molecule has 6 heteroatoms. The number of nitrogens with two attached hydrogens (primary N) is 2. The average Bonchev–Trinajstić information content (AvgIpc) is 3.31. The molecule has 280 valence electrons. The van der Waals surface area contributed by atoms with Crippen molar-refractivity contribution in [3.8, 4) is 56.0 Å². The highest BCUT2D eigenvalue weighted by atomic mass is 14.9. The first-order valence-electron chi connectivity index (χ1n) is 19.5. The number of allylic oxidation sites excluding steroid dienone is 2. The molecule has 0 aliphatic carbocycles. The number of anilines is 1. The fourth-order valence-corrected chi connectivity index (χ4v) is 7.81. The fourth-order valence-electron chi connectivity index (χ4n) is 7.81. The van der Waals surface area contributed by atoms with Gasteiger partial charge < -0.3 is 16.8 Å². The third kappa shape index (κ3) is 7.69. The Bertz CT molecular complexity index is 2690. The monoisotopic (exact) mass is 750 g/mol. The van der Waals surface area contributed by atoms with E-state index in [0.29, 0.717) is 11.5 Å². The number of aromatic nitrogens is 3. The minimum absolute atomic E-state index is 0.138. The lowest BCUT2D eigenvalue weighted by Crippen LogP contribution is -2.22. The molecule has 0 saturated carbocycles. The van der Waals surface area contributed by atoms with Crippen LogP contribution in [0.4, 0.5) is 5.69 Å². The summed E-state index contributed by atoms with van der Waals surface area (Å²) < 4.78 is 0. The lowest BCUT2D eigenvalue weighted by atomic mass is 9.80. The Hall–Kier alpha value is -7.41. The van der Waals surface area contributed by atoms with E-state index in [2.05, 4.69) is 154 Å². The van der Waals surface area contributed by atoms with Crippen molar-refractivity contribution < 1.29 is 0 Å². The molecular formula is C52H42N6. The summed E-state index contributed by atoms with van der Waals surface area (Å²) in [7, 11) is 0. The second kappa shape index (κ2) is 16.4. The zero-order valence-corrected chi connectivity index (χ0v) is 31.9. The van der Waals surface area contributed by atoms with Crippen molar-refractivity contribution in [1.82, 2.24) is 20.3 Å². The summed E-state index contributed by atoms with van der Waals surface area (Å²) in [5.74, 6) is 0.475. The van der Waals surface area contributed by atoms with Crippen LogP contribution in [0.5, 0.6) is 0 Å². The van der Waals surface area contributed by atoms with Crippen LogP contribution in [0.3, 0.4) is 0 Å². The van der Waals surface area contributed by atoms with Crippen LogP contribution >= 0.6 is 0 Å². The molecule has 0 fully saturated rings. The Morgan fingerprint density at radius 2 is 1.09 bits per heavy atom. The second-order valence-electron chi connectivity index (χ2n) is 14.6. The van der Waals surface area contributed by atoms with Crippen molar-refractivity contribution in [2.24, 2.45) is 5.73 Å². The first kappa shape index (κ1) is 36.2. The SMILES string of the molecule is Nc1cc(-c2ccc(-c3ncccn3)cc2)ccc1C(c1ccccc1)[C@@H](N)c1cc(-c2ccc(-c3ccccn3)cc2)cc(-c2ccc(C3C=CC=CN3)cc2)c1. The molecule has 0 spiro atoms. The quantitative estimate of drug-likeness (QED) is 0.120. The minimum Gasteiger partial charge on any atom is -0.398 e. The van der Waals surface area contributed by atoms with Gasteiger partial charge in [-0.3, -0.25) is 4.98 Å². The molecule has 2 aromatic heterocycles. The van der Waals surface area contributed by atoms with Gasteiger partial charge in [-0.1, -0.05) is 133 Å². The van der Waals surface area contributed by atoms with Crippen molar-refractivity contribution in [2.45, 2.75) is 18.0 Å². The van der Waals surface area contributed by atoms with Gasteiger partial charge in [0.1, 0.15) is 0 Å². The number of hydrogen-bond acceptors (Lipinski definition) is 6. The molecule has 1 aliphatic rings. The van der Waals surface area contributed by atoms with Gasteiger partial charge in [-0.25, -0.2) is 9.97 Å². The van der Waals surface area contributed by atoms with E-state index in [1.54, 1.807) is 12.4 Å². The lowest BCUT2D eigenvalue weighted by molar-refractivity contribution is 0.631. The molecule has 9 rings (SSSR count). The Balaban J connectivity index is 1.10. The van der Waals surface area contributed by atoms with Crippen molar-refractivity contribution in [2.75, 3.05) is 5.73 Å². The van der Waals surface area contributed by atoms with Crippen LogP contribution in [0.1, 0.15) is 40.3 Å². The third-order valence-corrected chi connectivity index (χ3v) is 10.9. The standard InChI is InChI=1S/C52H42N6/c53-47-34-42(35-17-23-41(24-18-35)52-57-29-8-30-58-52)25-26-46(47)50(40-9-2-1-3-10-40)51(54)45-32-43(36-13-19-38(20-14-36)48-11-4-6-27-55-48)31-44(33-45)37-15-21-39(22-16-37)49-12-5-7-28-56-49/h1-34,48,50-51,55H,53-54H2/t48?,50?,51-/m0/s1. The first-order valence-corrected chi connectivity index (χ1v) is 19.5. The predicted octanol–water partition coefficient (Wildman–Crippen LogP) is 11.3. The van der Waals surface area contributed by atoms with Crippen LogP contribution in [0.2, 0.25) is 0 Å². The van der Waals surface area contributed by atoms with Gasteiger partial charge in [0.05, 0.1) is 11.7 Å². The summed E-state index contributed by atoms with van der Waals surface area (Å²) in [6.45, 7) is 0. The lowest BCUT2D eigenvalue weighted by Gasteiger charge is -2.28. The van der Waals surface area contributed by atoms with Gasteiger partial charge in [0.2, 0.25) is 0 Å². The van der Waals surface area contributed by atoms with E-state index in [4.69, 9.17) is 11.5 Å². The number of benzene rings is 6. The smallest absolute Gasteiger partial charge is 0.159 e. The van der Waals surface area contributed by atoms with E-state index < -0.39 is 6.04 Å². The van der Waals surface area contributed by atoms with E-state index in [0.717, 1.165) is 66.9 Å². The van der Waals surface area contributed by atoms with E-state index in [-0.39, 0.29) is 12.0 Å². The molecule has 0 radical (unpaired) electrons. The molecule has 0 saturated heterocycles. The maximum absolute atomic E-state index is 7.51. The summed E-state index contributed by atoms with van der Waals surface area (Å²) in [5, 5.41) is 3.43. The van der Waals surface area contributed by atoms with Crippen LogP contribution in [-0.2, 0) is 0 Å². The average molecular weight is 751 g/mol. The molecular weight excluding hydrogens is 709 g/mol. The van der Waals surface area contributed by atoms with Gasteiger partial charge >= 0.3 is 0 Å². The summed E-state index contributed by atoms with van der Waals surface area (Å²) in [4.78, 5) is 13.4. The highest BCUT2D eigenvalue weighted by Crippen LogP contribution is 2.42. The summed E-state index contributed by atoms with van der Waals surface area (Å²) in [6.07, 6.45) is 13.6. The number of nitrogen functional groups attached to an aromatic ring is 1. The molecule has 6 nitrogen and oxygen atoms in total. The molecule has 58 heavy (non-hydrogen) atoms. The second-order valence-corrected chi connectivity index (χ2v) is 14.6. The van der Waals surface area contributed by atoms with Crippen LogP contribution < -0.4 is 16.8 Å². The van der Waals surface area contributed by atoms with Gasteiger partial charge in [-0.2, -0.15) is 0 Å². The molecule has 0 amide bonds. The number of hydrogen-bond donors (Lipinski definition) is 3. The van der Waals surface area contributed by atoms with Crippen molar-refractivity contribution in [3.63, 3.8) is 0 Å². The third-order valence-electron chi connectivity index (χ3n) is 10.9. The molecule has 1 aliphatic heterocycles. The van der Waals surface area contributed by atoms with Crippen LogP contribution in [0.15, 0.2) is 207 Å². The van der Waals surface area contributed by atoms with Gasteiger partial charge in [0.15, 0.2) is 5.82 Å². The van der Waals surface area contributed by atoms with Crippen LogP contribution in [0, 0.1) is 0 Å². The highest BCUT2D eigenvalue weighted by Gasteiger charge is 2.27.